The topological polar surface area (TPSA) is 70.2 Å². The number of anilines is 4. The molecule has 1 aliphatic rings. The van der Waals surface area contributed by atoms with Crippen LogP contribution in [-0.2, 0) is 0 Å². The molecule has 3 N–H and O–H groups in total. The average Bonchev–Trinajstić information content (AvgIpc) is 2.94. The lowest BCUT2D eigenvalue weighted by atomic mass is 10.1. The van der Waals surface area contributed by atoms with Crippen molar-refractivity contribution in [3.63, 3.8) is 0 Å². The lowest BCUT2D eigenvalue weighted by molar-refractivity contribution is 0.0879. The number of benzene rings is 3. The number of para-hydroxylation sites is 2. The molecule has 0 bridgehead atoms. The predicted octanol–water partition coefficient (Wildman–Crippen LogP) is 7.11. The van der Waals surface area contributed by atoms with Crippen molar-refractivity contribution in [2.45, 2.75) is 0 Å². The molecule has 3 aromatic carbocycles. The molecule has 0 saturated heterocycles. The van der Waals surface area contributed by atoms with Crippen LogP contribution in [0.25, 0.3) is 0 Å². The molecule has 0 radical (unpaired) electrons. The van der Waals surface area contributed by atoms with Crippen LogP contribution in [0.15, 0.2) is 66.4 Å². The highest BCUT2D eigenvalue weighted by atomic mass is 79.9. The van der Waals surface area contributed by atoms with Gasteiger partial charge >= 0.3 is 0 Å². The van der Waals surface area contributed by atoms with Crippen LogP contribution >= 0.6 is 63.7 Å². The van der Waals surface area contributed by atoms with Gasteiger partial charge in [0.05, 0.1) is 33.9 Å². The van der Waals surface area contributed by atoms with Crippen LogP contribution < -0.4 is 16.0 Å². The number of carbonyl (C=O) groups excluding carboxylic acids is 2. The van der Waals surface area contributed by atoms with E-state index in [9.17, 15) is 9.59 Å². The fraction of sp³-hybridized carbons (Fsp3) is 0. The van der Waals surface area contributed by atoms with Crippen molar-refractivity contribution >= 4 is 98.3 Å². The van der Waals surface area contributed by atoms with E-state index in [0.29, 0.717) is 22.5 Å². The smallest absolute Gasteiger partial charge is 0.259 e. The van der Waals surface area contributed by atoms with Gasteiger partial charge in [-0.15, -0.1) is 0 Å². The maximum absolute atomic E-state index is 12.2. The maximum Gasteiger partial charge on any atom is 0.259 e. The second-order valence-electron chi connectivity index (χ2n) is 6.17. The first-order valence-electron chi connectivity index (χ1n) is 8.31. The SMILES string of the molecule is O=C1NC(=O)c2cc(Nc3c(Br)cccc3Br)c(Nc3c(Br)cccc3Br)cc21. The van der Waals surface area contributed by atoms with E-state index in [1.165, 1.54) is 0 Å². The summed E-state index contributed by atoms with van der Waals surface area (Å²) in [7, 11) is 0. The van der Waals surface area contributed by atoms with Crippen molar-refractivity contribution in [3.05, 3.63) is 77.5 Å². The molecule has 0 spiro atoms. The monoisotopic (exact) mass is 641 g/mol. The quantitative estimate of drug-likeness (QED) is 0.265. The lowest BCUT2D eigenvalue weighted by Gasteiger charge is -2.18. The molecule has 0 aromatic heterocycles. The summed E-state index contributed by atoms with van der Waals surface area (Å²) in [6.07, 6.45) is 0. The molecule has 4 rings (SSSR count). The molecule has 0 unspecified atom stereocenters. The number of fused-ring (bicyclic) bond motifs is 1. The minimum absolute atomic E-state index is 0.331. The molecule has 0 saturated carbocycles. The van der Waals surface area contributed by atoms with Crippen molar-refractivity contribution in [3.8, 4) is 0 Å². The van der Waals surface area contributed by atoms with Gasteiger partial charge in [0.15, 0.2) is 0 Å². The summed E-state index contributed by atoms with van der Waals surface area (Å²) >= 11 is 14.2. The van der Waals surface area contributed by atoms with Crippen molar-refractivity contribution < 1.29 is 9.59 Å². The summed E-state index contributed by atoms with van der Waals surface area (Å²) in [5.41, 5.74) is 3.54. The maximum atomic E-state index is 12.2. The molecule has 2 amide bonds. The van der Waals surface area contributed by atoms with Crippen LogP contribution in [0.4, 0.5) is 22.7 Å². The number of nitrogens with one attached hydrogen (secondary N) is 3. The number of carbonyl (C=O) groups is 2. The largest absolute Gasteiger partial charge is 0.352 e. The second kappa shape index (κ2) is 8.22. The van der Waals surface area contributed by atoms with E-state index in [1.54, 1.807) is 12.1 Å². The van der Waals surface area contributed by atoms with Crippen LogP contribution in [0.3, 0.4) is 0 Å². The zero-order valence-corrected chi connectivity index (χ0v) is 20.8. The van der Waals surface area contributed by atoms with Crippen molar-refractivity contribution in [2.24, 2.45) is 0 Å². The summed E-state index contributed by atoms with van der Waals surface area (Å²) in [6.45, 7) is 0. The predicted molar refractivity (Wildman–Crippen MR) is 128 cm³/mol. The van der Waals surface area contributed by atoms with Gasteiger partial charge in [0, 0.05) is 17.9 Å². The van der Waals surface area contributed by atoms with E-state index >= 15 is 0 Å². The fourth-order valence-corrected chi connectivity index (χ4v) is 5.32. The number of hydrogen-bond donors (Lipinski definition) is 3. The molecule has 5 nitrogen and oxygen atoms in total. The van der Waals surface area contributed by atoms with Crippen LogP contribution in [-0.4, -0.2) is 11.8 Å². The normalized spacial score (nSPS) is 12.6. The van der Waals surface area contributed by atoms with Gasteiger partial charge in [-0.25, -0.2) is 0 Å². The second-order valence-corrected chi connectivity index (χ2v) is 9.59. The van der Waals surface area contributed by atoms with Gasteiger partial charge in [-0.2, -0.15) is 0 Å². The Morgan fingerprint density at radius 1 is 0.621 bits per heavy atom. The van der Waals surface area contributed by atoms with Gasteiger partial charge in [0.2, 0.25) is 0 Å². The van der Waals surface area contributed by atoms with Crippen LogP contribution in [0.1, 0.15) is 20.7 Å². The van der Waals surface area contributed by atoms with Gasteiger partial charge in [-0.1, -0.05) is 12.1 Å². The van der Waals surface area contributed by atoms with Crippen LogP contribution in [0, 0.1) is 0 Å². The first-order valence-corrected chi connectivity index (χ1v) is 11.5. The van der Waals surface area contributed by atoms with E-state index in [4.69, 9.17) is 0 Å². The number of imide groups is 1. The third-order valence-corrected chi connectivity index (χ3v) is 6.96. The Balaban J connectivity index is 1.86. The molecule has 1 aliphatic heterocycles. The zero-order valence-electron chi connectivity index (χ0n) is 14.4. The summed E-state index contributed by atoms with van der Waals surface area (Å²) in [6, 6.07) is 14.8. The highest BCUT2D eigenvalue weighted by Gasteiger charge is 2.29. The van der Waals surface area contributed by atoms with E-state index in [1.807, 2.05) is 36.4 Å². The van der Waals surface area contributed by atoms with Gasteiger partial charge in [-0.3, -0.25) is 14.9 Å². The molecule has 29 heavy (non-hydrogen) atoms. The van der Waals surface area contributed by atoms with Gasteiger partial charge in [0.1, 0.15) is 0 Å². The van der Waals surface area contributed by atoms with E-state index in [2.05, 4.69) is 79.7 Å². The van der Waals surface area contributed by atoms with Gasteiger partial charge < -0.3 is 10.6 Å². The van der Waals surface area contributed by atoms with Gasteiger partial charge in [0.25, 0.3) is 11.8 Å². The Morgan fingerprint density at radius 3 is 1.31 bits per heavy atom. The molecule has 0 fully saturated rings. The van der Waals surface area contributed by atoms with Crippen molar-refractivity contribution in [2.75, 3.05) is 10.6 Å². The molecular formula is C20H11Br4N3O2. The highest BCUT2D eigenvalue weighted by molar-refractivity contribution is 9.11. The number of amides is 2. The first kappa shape index (κ1) is 20.6. The minimum Gasteiger partial charge on any atom is -0.352 e. The van der Waals surface area contributed by atoms with E-state index < -0.39 is 11.8 Å². The van der Waals surface area contributed by atoms with Crippen molar-refractivity contribution in [1.82, 2.24) is 5.32 Å². The summed E-state index contributed by atoms with van der Waals surface area (Å²) < 4.78 is 3.39. The van der Waals surface area contributed by atoms with Gasteiger partial charge in [-0.05, 0) is 100 Å². The Labute approximate surface area is 200 Å². The first-order chi connectivity index (χ1) is 13.8. The third-order valence-electron chi connectivity index (χ3n) is 4.32. The lowest BCUT2D eigenvalue weighted by Crippen LogP contribution is -2.19. The average molecular weight is 645 g/mol. The van der Waals surface area contributed by atoms with Crippen LogP contribution in [0.5, 0.6) is 0 Å². The molecule has 0 atom stereocenters. The Kier molecular flexibility index (Phi) is 5.83. The molecular weight excluding hydrogens is 634 g/mol. The molecule has 0 aliphatic carbocycles. The summed E-state index contributed by atoms with van der Waals surface area (Å²) in [4.78, 5) is 24.4. The molecule has 3 aromatic rings. The summed E-state index contributed by atoms with van der Waals surface area (Å²) in [5.74, 6) is -0.819. The molecule has 9 heteroatoms. The zero-order chi connectivity index (χ0) is 20.7. The Bertz CT molecular complexity index is 1050. The molecule has 146 valence electrons. The molecule has 1 heterocycles. The van der Waals surface area contributed by atoms with Crippen LogP contribution in [0.2, 0.25) is 0 Å². The summed E-state index contributed by atoms with van der Waals surface area (Å²) in [5, 5.41) is 9.05. The van der Waals surface area contributed by atoms with E-state index in [0.717, 1.165) is 29.3 Å². The number of rotatable bonds is 4. The fourth-order valence-electron chi connectivity index (χ4n) is 2.92. The third kappa shape index (κ3) is 4.01. The highest BCUT2D eigenvalue weighted by Crippen LogP contribution is 2.40. The Hall–Kier alpha value is -1.68. The van der Waals surface area contributed by atoms with E-state index in [-0.39, 0.29) is 0 Å². The Morgan fingerprint density at radius 2 is 0.966 bits per heavy atom. The van der Waals surface area contributed by atoms with Crippen molar-refractivity contribution in [1.29, 1.82) is 0 Å². The number of halogens is 4. The number of hydrogen-bond acceptors (Lipinski definition) is 4. The standard InChI is InChI=1S/C20H11Br4N3O2/c21-11-3-1-4-12(22)17(11)25-15-7-9-10(20(29)27-19(9)28)8-16(15)26-18-13(23)5-2-6-14(18)24/h1-8,25-26H,(H,27,28,29). The minimum atomic E-state index is -0.409.